The van der Waals surface area contributed by atoms with E-state index in [9.17, 15) is 4.79 Å². The predicted octanol–water partition coefficient (Wildman–Crippen LogP) is 9.11. The highest BCUT2D eigenvalue weighted by molar-refractivity contribution is 6.12. The molecule has 6 rings (SSSR count). The third kappa shape index (κ3) is 4.77. The van der Waals surface area contributed by atoms with Crippen molar-refractivity contribution in [2.24, 2.45) is 0 Å². The lowest BCUT2D eigenvalue weighted by Gasteiger charge is -2.27. The van der Waals surface area contributed by atoms with Crippen molar-refractivity contribution in [2.45, 2.75) is 51.0 Å². The minimum Gasteiger partial charge on any atom is -0.425 e. The monoisotopic (exact) mass is 499 g/mol. The van der Waals surface area contributed by atoms with Gasteiger partial charge in [0.25, 0.3) is 0 Å². The molecule has 0 heterocycles. The SMILES string of the molecule is C[C@@H](C(=O)Oc1ccc2ccccc2c1-c1c(NC2CCCCC2)ccc2ccccc12)c1ccccc1. The van der Waals surface area contributed by atoms with E-state index < -0.39 is 0 Å². The average molecular weight is 500 g/mol. The zero-order valence-corrected chi connectivity index (χ0v) is 21.8. The Balaban J connectivity index is 1.52. The van der Waals surface area contributed by atoms with Gasteiger partial charge in [-0.2, -0.15) is 0 Å². The molecule has 0 aromatic heterocycles. The largest absolute Gasteiger partial charge is 0.425 e. The molecule has 0 unspecified atom stereocenters. The van der Waals surface area contributed by atoms with Gasteiger partial charge in [-0.25, -0.2) is 0 Å². The van der Waals surface area contributed by atoms with Crippen LogP contribution in [-0.4, -0.2) is 12.0 Å². The lowest BCUT2D eigenvalue weighted by atomic mass is 9.90. The van der Waals surface area contributed by atoms with Crippen molar-refractivity contribution in [3.63, 3.8) is 0 Å². The zero-order valence-electron chi connectivity index (χ0n) is 21.8. The van der Waals surface area contributed by atoms with Crippen LogP contribution in [0.15, 0.2) is 103 Å². The maximum atomic E-state index is 13.5. The molecule has 1 N–H and O–H groups in total. The van der Waals surface area contributed by atoms with Crippen LogP contribution in [0.25, 0.3) is 32.7 Å². The van der Waals surface area contributed by atoms with Crippen molar-refractivity contribution in [2.75, 3.05) is 5.32 Å². The Morgan fingerprint density at radius 2 is 1.32 bits per heavy atom. The molecule has 1 fully saturated rings. The van der Waals surface area contributed by atoms with Crippen LogP contribution in [0.2, 0.25) is 0 Å². The third-order valence-corrected chi connectivity index (χ3v) is 7.90. The molecular formula is C35H33NO2. The number of nitrogens with one attached hydrogen (secondary N) is 1. The van der Waals surface area contributed by atoms with E-state index in [0.29, 0.717) is 11.8 Å². The van der Waals surface area contributed by atoms with Crippen LogP contribution in [0.4, 0.5) is 5.69 Å². The number of carbonyl (C=O) groups excluding carboxylic acids is 1. The van der Waals surface area contributed by atoms with Crippen LogP contribution in [0, 0.1) is 0 Å². The lowest BCUT2D eigenvalue weighted by Crippen LogP contribution is -2.22. The molecule has 1 atom stereocenters. The van der Waals surface area contributed by atoms with Crippen molar-refractivity contribution in [1.82, 2.24) is 0 Å². The summed E-state index contributed by atoms with van der Waals surface area (Å²) in [6.45, 7) is 1.91. The smallest absolute Gasteiger partial charge is 0.318 e. The third-order valence-electron chi connectivity index (χ3n) is 7.90. The van der Waals surface area contributed by atoms with Crippen LogP contribution in [0.5, 0.6) is 5.75 Å². The number of ether oxygens (including phenoxy) is 1. The molecule has 3 nitrogen and oxygen atoms in total. The van der Waals surface area contributed by atoms with Crippen LogP contribution < -0.4 is 10.1 Å². The van der Waals surface area contributed by atoms with Gasteiger partial charge >= 0.3 is 5.97 Å². The summed E-state index contributed by atoms with van der Waals surface area (Å²) < 4.78 is 6.25. The molecule has 3 heteroatoms. The Hall–Kier alpha value is -4.11. The zero-order chi connectivity index (χ0) is 25.9. The fourth-order valence-corrected chi connectivity index (χ4v) is 5.80. The maximum absolute atomic E-state index is 13.5. The summed E-state index contributed by atoms with van der Waals surface area (Å²) in [4.78, 5) is 13.5. The second-order valence-corrected chi connectivity index (χ2v) is 10.4. The number of fused-ring (bicyclic) bond motifs is 2. The van der Waals surface area contributed by atoms with Crippen LogP contribution in [0.3, 0.4) is 0 Å². The average Bonchev–Trinajstić information content (AvgIpc) is 2.98. The van der Waals surface area contributed by atoms with Gasteiger partial charge in [0, 0.05) is 22.9 Å². The van der Waals surface area contributed by atoms with Crippen molar-refractivity contribution >= 4 is 33.2 Å². The topological polar surface area (TPSA) is 38.3 Å². The summed E-state index contributed by atoms with van der Waals surface area (Å²) in [5, 5.41) is 8.41. The number of benzene rings is 5. The predicted molar refractivity (Wildman–Crippen MR) is 158 cm³/mol. The molecule has 5 aromatic rings. The Bertz CT molecular complexity index is 1580. The number of hydrogen-bond acceptors (Lipinski definition) is 3. The molecule has 1 aliphatic carbocycles. The molecular weight excluding hydrogens is 466 g/mol. The number of esters is 1. The molecule has 0 aliphatic heterocycles. The van der Waals surface area contributed by atoms with E-state index >= 15 is 0 Å². The summed E-state index contributed by atoms with van der Waals surface area (Å²) in [5.74, 6) is -0.0304. The van der Waals surface area contributed by atoms with Crippen molar-refractivity contribution in [1.29, 1.82) is 0 Å². The van der Waals surface area contributed by atoms with Gasteiger partial charge < -0.3 is 10.1 Å². The maximum Gasteiger partial charge on any atom is 0.318 e. The van der Waals surface area contributed by atoms with E-state index in [1.54, 1.807) is 0 Å². The van der Waals surface area contributed by atoms with Gasteiger partial charge in [0.15, 0.2) is 0 Å². The van der Waals surface area contributed by atoms with Crippen molar-refractivity contribution < 1.29 is 9.53 Å². The summed E-state index contributed by atoms with van der Waals surface area (Å²) >= 11 is 0. The highest BCUT2D eigenvalue weighted by Gasteiger charge is 2.24. The lowest BCUT2D eigenvalue weighted by molar-refractivity contribution is -0.135. The molecule has 38 heavy (non-hydrogen) atoms. The van der Waals surface area contributed by atoms with E-state index in [2.05, 4.69) is 66.0 Å². The molecule has 0 amide bonds. The number of hydrogen-bond donors (Lipinski definition) is 1. The van der Waals surface area contributed by atoms with Gasteiger partial charge in [-0.05, 0) is 59.0 Å². The van der Waals surface area contributed by atoms with Gasteiger partial charge in [0.1, 0.15) is 5.75 Å². The van der Waals surface area contributed by atoms with Crippen LogP contribution in [-0.2, 0) is 4.79 Å². The van der Waals surface area contributed by atoms with Crippen molar-refractivity contribution in [3.05, 3.63) is 109 Å². The van der Waals surface area contributed by atoms with Gasteiger partial charge in [-0.3, -0.25) is 4.79 Å². The van der Waals surface area contributed by atoms with E-state index in [0.717, 1.165) is 38.5 Å². The fourth-order valence-electron chi connectivity index (χ4n) is 5.80. The van der Waals surface area contributed by atoms with Gasteiger partial charge in [-0.1, -0.05) is 110 Å². The first-order valence-corrected chi connectivity index (χ1v) is 13.8. The summed E-state index contributed by atoms with van der Waals surface area (Å²) in [5.41, 5.74) is 4.11. The minimum absolute atomic E-state index is 0.255. The Labute approximate surface area is 224 Å². The Morgan fingerprint density at radius 1 is 0.711 bits per heavy atom. The standard InChI is InChI=1S/C35H33NO2/c1-24(25-12-4-2-5-13-25)35(37)38-32-23-21-27-15-9-11-19-30(27)34(32)33-29-18-10-8-14-26(29)20-22-31(33)36-28-16-6-3-7-17-28/h2,4-5,8-15,18-24,28,36H,3,6-7,16-17H2,1H3/t24-/m1/s1. The summed E-state index contributed by atoms with van der Waals surface area (Å²) in [7, 11) is 0. The van der Waals surface area contributed by atoms with Gasteiger partial charge in [0.2, 0.25) is 0 Å². The Morgan fingerprint density at radius 3 is 2.03 bits per heavy atom. The molecule has 0 saturated heterocycles. The van der Waals surface area contributed by atoms with Gasteiger partial charge in [0.05, 0.1) is 5.92 Å². The molecule has 1 aliphatic rings. The first-order chi connectivity index (χ1) is 18.7. The van der Waals surface area contributed by atoms with Crippen LogP contribution >= 0.6 is 0 Å². The van der Waals surface area contributed by atoms with E-state index in [1.165, 1.54) is 37.5 Å². The number of anilines is 1. The number of carbonyl (C=O) groups is 1. The summed E-state index contributed by atoms with van der Waals surface area (Å²) in [6, 6.07) is 35.5. The van der Waals surface area contributed by atoms with Crippen molar-refractivity contribution in [3.8, 4) is 16.9 Å². The normalized spacial score (nSPS) is 14.9. The molecule has 0 spiro atoms. The first kappa shape index (κ1) is 24.2. The highest BCUT2D eigenvalue weighted by Crippen LogP contribution is 2.45. The first-order valence-electron chi connectivity index (χ1n) is 13.8. The van der Waals surface area contributed by atoms with Crippen LogP contribution in [0.1, 0.15) is 50.5 Å². The fraction of sp³-hybridized carbons (Fsp3) is 0.229. The van der Waals surface area contributed by atoms with E-state index in [4.69, 9.17) is 4.74 Å². The van der Waals surface area contributed by atoms with Gasteiger partial charge in [-0.15, -0.1) is 0 Å². The number of rotatable bonds is 6. The summed E-state index contributed by atoms with van der Waals surface area (Å²) in [6.07, 6.45) is 6.19. The highest BCUT2D eigenvalue weighted by atomic mass is 16.5. The molecule has 190 valence electrons. The molecule has 0 radical (unpaired) electrons. The Kier molecular flexibility index (Phi) is 6.83. The second-order valence-electron chi connectivity index (χ2n) is 10.4. The van der Waals surface area contributed by atoms with E-state index in [-0.39, 0.29) is 11.9 Å². The molecule has 5 aromatic carbocycles. The quantitative estimate of drug-likeness (QED) is 0.187. The second kappa shape index (κ2) is 10.7. The molecule has 0 bridgehead atoms. The van der Waals surface area contributed by atoms with E-state index in [1.807, 2.05) is 49.4 Å². The minimum atomic E-state index is -0.372. The molecule has 1 saturated carbocycles.